The maximum Gasteiger partial charge on any atom is 0.256 e. The molecule has 1 fully saturated rings. The third kappa shape index (κ3) is 4.13. The van der Waals surface area contributed by atoms with Crippen molar-refractivity contribution in [3.8, 4) is 0 Å². The van der Waals surface area contributed by atoms with Crippen molar-refractivity contribution >= 4 is 28.2 Å². The van der Waals surface area contributed by atoms with E-state index in [9.17, 15) is 9.59 Å². The van der Waals surface area contributed by atoms with E-state index in [0.29, 0.717) is 22.7 Å². The van der Waals surface area contributed by atoms with E-state index in [1.165, 1.54) is 4.88 Å². The average Bonchev–Trinajstić information content (AvgIpc) is 3.33. The highest BCUT2D eigenvalue weighted by atomic mass is 32.1. The van der Waals surface area contributed by atoms with E-state index in [0.717, 1.165) is 56.3 Å². The number of thiophene rings is 1. The van der Waals surface area contributed by atoms with Crippen LogP contribution in [0.4, 0.5) is 5.00 Å². The third-order valence-corrected chi connectivity index (χ3v) is 6.63. The molecule has 5 nitrogen and oxygen atoms in total. The highest BCUT2D eigenvalue weighted by Gasteiger charge is 2.27. The zero-order valence-corrected chi connectivity index (χ0v) is 17.0. The van der Waals surface area contributed by atoms with Crippen molar-refractivity contribution in [2.45, 2.75) is 51.6 Å². The van der Waals surface area contributed by atoms with E-state index in [-0.39, 0.29) is 17.9 Å². The molecule has 1 aromatic carbocycles. The number of hydrogen-bond acceptors (Lipinski definition) is 4. The zero-order chi connectivity index (χ0) is 19.5. The third-order valence-electron chi connectivity index (χ3n) is 5.42. The van der Waals surface area contributed by atoms with Gasteiger partial charge in [-0.1, -0.05) is 17.7 Å². The normalized spacial score (nSPS) is 18.5. The molecule has 1 atom stereocenters. The molecule has 2 heterocycles. The predicted molar refractivity (Wildman–Crippen MR) is 111 cm³/mol. The monoisotopic (exact) mass is 398 g/mol. The van der Waals surface area contributed by atoms with Gasteiger partial charge in [0.1, 0.15) is 5.00 Å². The van der Waals surface area contributed by atoms with E-state index in [1.807, 2.05) is 25.1 Å². The first-order valence-electron chi connectivity index (χ1n) is 10.0. The summed E-state index contributed by atoms with van der Waals surface area (Å²) in [6.07, 6.45) is 6.23. The number of ether oxygens (including phenoxy) is 1. The van der Waals surface area contributed by atoms with Crippen LogP contribution in [0.1, 0.15) is 62.4 Å². The number of carbonyl (C=O) groups excluding carboxylic acids is 2. The fraction of sp³-hybridized carbons (Fsp3) is 0.455. The van der Waals surface area contributed by atoms with Crippen molar-refractivity contribution in [1.29, 1.82) is 0 Å². The van der Waals surface area contributed by atoms with Gasteiger partial charge >= 0.3 is 0 Å². The van der Waals surface area contributed by atoms with E-state index < -0.39 is 0 Å². The Labute approximate surface area is 169 Å². The summed E-state index contributed by atoms with van der Waals surface area (Å²) >= 11 is 1.55. The molecule has 0 radical (unpaired) electrons. The van der Waals surface area contributed by atoms with Crippen LogP contribution < -0.4 is 10.6 Å². The molecular weight excluding hydrogens is 372 g/mol. The fourth-order valence-electron chi connectivity index (χ4n) is 3.96. The smallest absolute Gasteiger partial charge is 0.256 e. The molecule has 0 saturated carbocycles. The van der Waals surface area contributed by atoms with Crippen LogP contribution in [-0.2, 0) is 17.6 Å². The maximum absolute atomic E-state index is 13.0. The van der Waals surface area contributed by atoms with Crippen molar-refractivity contribution in [3.05, 3.63) is 51.4 Å². The molecule has 148 valence electrons. The minimum Gasteiger partial charge on any atom is -0.376 e. The predicted octanol–water partition coefficient (Wildman–Crippen LogP) is 4.10. The number of rotatable bonds is 5. The molecule has 28 heavy (non-hydrogen) atoms. The number of hydrogen-bond donors (Lipinski definition) is 2. The molecule has 1 aromatic heterocycles. The maximum atomic E-state index is 13.0. The first-order chi connectivity index (χ1) is 13.6. The van der Waals surface area contributed by atoms with Gasteiger partial charge in [0.2, 0.25) is 0 Å². The molecular formula is C22H26N2O3S. The number of amides is 2. The summed E-state index contributed by atoms with van der Waals surface area (Å²) in [5.41, 5.74) is 3.41. The minimum atomic E-state index is -0.171. The molecule has 2 N–H and O–H groups in total. The minimum absolute atomic E-state index is 0.101. The second kappa shape index (κ2) is 8.45. The molecule has 1 unspecified atom stereocenters. The fourth-order valence-corrected chi connectivity index (χ4v) is 5.24. The molecule has 4 rings (SSSR count). The Kier molecular flexibility index (Phi) is 5.78. The van der Waals surface area contributed by atoms with Gasteiger partial charge in [-0.05, 0) is 63.1 Å². The Hall–Kier alpha value is -2.18. The number of anilines is 1. The quantitative estimate of drug-likeness (QED) is 0.797. The van der Waals surface area contributed by atoms with Gasteiger partial charge < -0.3 is 15.4 Å². The summed E-state index contributed by atoms with van der Waals surface area (Å²) in [6, 6.07) is 7.50. The van der Waals surface area contributed by atoms with Gasteiger partial charge in [-0.2, -0.15) is 0 Å². The van der Waals surface area contributed by atoms with Crippen molar-refractivity contribution in [3.63, 3.8) is 0 Å². The zero-order valence-electron chi connectivity index (χ0n) is 16.2. The summed E-state index contributed by atoms with van der Waals surface area (Å²) in [4.78, 5) is 27.0. The van der Waals surface area contributed by atoms with Crippen LogP contribution in [0.2, 0.25) is 0 Å². The van der Waals surface area contributed by atoms with Crippen molar-refractivity contribution in [2.24, 2.45) is 0 Å². The molecule has 2 amide bonds. The van der Waals surface area contributed by atoms with E-state index >= 15 is 0 Å². The second-order valence-electron chi connectivity index (χ2n) is 7.58. The number of benzene rings is 1. The highest BCUT2D eigenvalue weighted by molar-refractivity contribution is 7.17. The number of carbonyl (C=O) groups is 2. The second-order valence-corrected chi connectivity index (χ2v) is 8.69. The van der Waals surface area contributed by atoms with E-state index in [2.05, 4.69) is 10.6 Å². The molecule has 2 aliphatic rings. The summed E-state index contributed by atoms with van der Waals surface area (Å²) in [5.74, 6) is -0.273. The van der Waals surface area contributed by atoms with E-state index in [4.69, 9.17) is 4.74 Å². The van der Waals surface area contributed by atoms with Crippen LogP contribution in [0.3, 0.4) is 0 Å². The van der Waals surface area contributed by atoms with Gasteiger partial charge in [0.15, 0.2) is 0 Å². The lowest BCUT2D eigenvalue weighted by molar-refractivity contribution is 0.0858. The highest BCUT2D eigenvalue weighted by Crippen LogP contribution is 2.38. The number of aryl methyl sites for hydroxylation is 2. The Morgan fingerprint density at radius 3 is 2.82 bits per heavy atom. The van der Waals surface area contributed by atoms with Gasteiger partial charge in [-0.25, -0.2) is 0 Å². The SMILES string of the molecule is Cc1cccc(C(=O)Nc2sc3c(c2C(=O)NCC2CCCO2)CCCC3)c1. The Balaban J connectivity index is 1.56. The first kappa shape index (κ1) is 19.2. The van der Waals surface area contributed by atoms with Crippen LogP contribution >= 0.6 is 11.3 Å². The molecule has 6 heteroatoms. The van der Waals surface area contributed by atoms with E-state index in [1.54, 1.807) is 17.4 Å². The Morgan fingerprint density at radius 1 is 1.18 bits per heavy atom. The molecule has 1 saturated heterocycles. The lowest BCUT2D eigenvalue weighted by Crippen LogP contribution is -2.32. The topological polar surface area (TPSA) is 67.4 Å². The first-order valence-corrected chi connectivity index (χ1v) is 10.9. The van der Waals surface area contributed by atoms with Crippen LogP contribution in [-0.4, -0.2) is 31.1 Å². The molecule has 0 spiro atoms. The Morgan fingerprint density at radius 2 is 2.04 bits per heavy atom. The van der Waals surface area contributed by atoms with Crippen LogP contribution in [0.15, 0.2) is 24.3 Å². The molecule has 2 aromatic rings. The summed E-state index contributed by atoms with van der Waals surface area (Å²) in [7, 11) is 0. The van der Waals surface area contributed by atoms with Gasteiger partial charge in [0.05, 0.1) is 11.7 Å². The Bertz CT molecular complexity index is 884. The van der Waals surface area contributed by atoms with Crippen LogP contribution in [0.25, 0.3) is 0 Å². The lowest BCUT2D eigenvalue weighted by atomic mass is 9.95. The standard InChI is InChI=1S/C22H26N2O3S/c1-14-6-4-7-15(12-14)20(25)24-22-19(17-9-2-3-10-18(17)28-22)21(26)23-13-16-8-5-11-27-16/h4,6-7,12,16H,2-3,5,8-11,13H2,1H3,(H,23,26)(H,24,25). The number of fused-ring (bicyclic) bond motifs is 1. The van der Waals surface area contributed by atoms with Gasteiger partial charge in [0.25, 0.3) is 11.8 Å². The van der Waals surface area contributed by atoms with Crippen molar-refractivity contribution in [2.75, 3.05) is 18.5 Å². The van der Waals surface area contributed by atoms with Gasteiger partial charge in [-0.3, -0.25) is 9.59 Å². The van der Waals surface area contributed by atoms with Gasteiger partial charge in [0, 0.05) is 23.6 Å². The average molecular weight is 399 g/mol. The van der Waals surface area contributed by atoms with Crippen molar-refractivity contribution < 1.29 is 14.3 Å². The lowest BCUT2D eigenvalue weighted by Gasteiger charge is -2.15. The summed E-state index contributed by atoms with van der Waals surface area (Å²) in [5, 5.41) is 6.71. The molecule has 1 aliphatic carbocycles. The summed E-state index contributed by atoms with van der Waals surface area (Å²) in [6.45, 7) is 3.26. The van der Waals surface area contributed by atoms with Crippen LogP contribution in [0, 0.1) is 6.92 Å². The summed E-state index contributed by atoms with van der Waals surface area (Å²) < 4.78 is 5.62. The number of nitrogens with one attached hydrogen (secondary N) is 2. The largest absolute Gasteiger partial charge is 0.376 e. The molecule has 1 aliphatic heterocycles. The van der Waals surface area contributed by atoms with Crippen LogP contribution in [0.5, 0.6) is 0 Å². The van der Waals surface area contributed by atoms with Gasteiger partial charge in [-0.15, -0.1) is 11.3 Å². The van der Waals surface area contributed by atoms with Crippen molar-refractivity contribution in [1.82, 2.24) is 5.32 Å². The molecule has 0 bridgehead atoms.